The minimum absolute atomic E-state index is 0.108. The average Bonchev–Trinajstić information content (AvgIpc) is 3.72. The molecule has 2 N–H and O–H groups in total. The number of aromatic nitrogens is 1. The van der Waals surface area contributed by atoms with Crippen LogP contribution in [-0.4, -0.2) is 67.7 Å². The Hall–Kier alpha value is -3.37. The van der Waals surface area contributed by atoms with Crippen molar-refractivity contribution in [3.63, 3.8) is 0 Å². The summed E-state index contributed by atoms with van der Waals surface area (Å²) in [6, 6.07) is 14.3. The molecule has 0 radical (unpaired) electrons. The average molecular weight is 647 g/mol. The lowest BCUT2D eigenvalue weighted by Crippen LogP contribution is -2.56. The number of hydrogen-bond acceptors (Lipinski definition) is 6. The van der Waals surface area contributed by atoms with Crippen molar-refractivity contribution in [2.24, 2.45) is 5.41 Å². The number of carbonyl (C=O) groups excluding carboxylic acids is 2. The van der Waals surface area contributed by atoms with E-state index in [-0.39, 0.29) is 23.7 Å². The number of methoxy groups -OCH3 is 1. The number of benzene rings is 2. The summed E-state index contributed by atoms with van der Waals surface area (Å²) in [5, 5.41) is 4.59. The molecule has 2 aliphatic heterocycles. The number of nitrogens with zero attached hydrogens (tertiary/aromatic N) is 2. The van der Waals surface area contributed by atoms with Gasteiger partial charge in [-0.3, -0.25) is 9.59 Å². The monoisotopic (exact) mass is 646 g/mol. The zero-order valence-electron chi connectivity index (χ0n) is 27.0. The molecule has 4 fully saturated rings. The molecule has 2 aromatic carbocycles. The first kappa shape index (κ1) is 31.2. The lowest BCUT2D eigenvalue weighted by atomic mass is 9.81. The number of fused-ring (bicyclic) bond motifs is 3. The molecule has 0 spiro atoms. The summed E-state index contributed by atoms with van der Waals surface area (Å²) in [4.78, 5) is 30.0. The molecule has 2 atom stereocenters. The van der Waals surface area contributed by atoms with Crippen LogP contribution in [0.4, 0.5) is 0 Å². The van der Waals surface area contributed by atoms with Crippen molar-refractivity contribution < 1.29 is 22.7 Å². The molecule has 3 aromatic rings. The van der Waals surface area contributed by atoms with Gasteiger partial charge in [0.2, 0.25) is 15.9 Å². The number of amides is 2. The van der Waals surface area contributed by atoms with Gasteiger partial charge in [-0.15, -0.1) is 0 Å². The number of ether oxygens (including phenoxy) is 1. The Morgan fingerprint density at radius 2 is 1.67 bits per heavy atom. The molecular weight excluding hydrogens is 600 g/mol. The van der Waals surface area contributed by atoms with Crippen LogP contribution in [0.5, 0.6) is 5.75 Å². The predicted octanol–water partition coefficient (Wildman–Crippen LogP) is 5.58. The second kappa shape index (κ2) is 12.3. The van der Waals surface area contributed by atoms with Crippen molar-refractivity contribution in [2.45, 2.75) is 95.7 Å². The first-order valence-corrected chi connectivity index (χ1v) is 18.8. The minimum atomic E-state index is -3.73. The molecule has 246 valence electrons. The van der Waals surface area contributed by atoms with Crippen LogP contribution in [0.25, 0.3) is 22.2 Å². The van der Waals surface area contributed by atoms with E-state index in [1.54, 1.807) is 20.1 Å². The van der Waals surface area contributed by atoms with Crippen molar-refractivity contribution >= 4 is 32.7 Å². The summed E-state index contributed by atoms with van der Waals surface area (Å²) in [7, 11) is -2.07. The highest BCUT2D eigenvalue weighted by Crippen LogP contribution is 2.53. The van der Waals surface area contributed by atoms with E-state index in [9.17, 15) is 18.0 Å². The Morgan fingerprint density at radius 1 is 0.978 bits per heavy atom. The standard InChI is InChI=1S/C36H46N4O5S/c1-3-19-46(43,44)38-34(41)26-11-16-30-31(20-26)39(23-36(17-18-36)35(42)40-27-12-13-28(40)22-37-21-27)33(25-9-14-29(45-2)15-10-25)32(30)24-7-5-4-6-8-24/h9-11,14-16,20,24,27-28,37H,3-8,12-13,17-19,21-23H2,1-2H3,(H,38,41). The fraction of sp³-hybridized carbons (Fsp3) is 0.556. The second-order valence-electron chi connectivity index (χ2n) is 13.9. The number of carbonyl (C=O) groups is 2. The van der Waals surface area contributed by atoms with Crippen LogP contribution in [0.1, 0.15) is 93.0 Å². The number of piperazine rings is 1. The van der Waals surface area contributed by atoms with Crippen molar-refractivity contribution in [1.29, 1.82) is 0 Å². The minimum Gasteiger partial charge on any atom is -0.497 e. The molecule has 2 aliphatic carbocycles. The fourth-order valence-corrected chi connectivity index (χ4v) is 9.38. The molecule has 7 rings (SSSR count). The van der Waals surface area contributed by atoms with Crippen LogP contribution < -0.4 is 14.8 Å². The Kier molecular flexibility index (Phi) is 8.38. The first-order valence-electron chi connectivity index (χ1n) is 17.1. The Balaban J connectivity index is 1.38. The molecule has 2 saturated carbocycles. The lowest BCUT2D eigenvalue weighted by molar-refractivity contribution is -0.141. The summed E-state index contributed by atoms with van der Waals surface area (Å²) in [6.07, 6.45) is 9.95. The summed E-state index contributed by atoms with van der Waals surface area (Å²) in [5.41, 5.74) is 4.13. The summed E-state index contributed by atoms with van der Waals surface area (Å²) in [5.74, 6) is 0.671. The third kappa shape index (κ3) is 5.72. The third-order valence-electron chi connectivity index (χ3n) is 10.8. The van der Waals surface area contributed by atoms with Crippen LogP contribution in [0, 0.1) is 5.41 Å². The van der Waals surface area contributed by atoms with Crippen LogP contribution in [0.15, 0.2) is 42.5 Å². The van der Waals surface area contributed by atoms with E-state index in [2.05, 4.69) is 31.6 Å². The molecule has 4 aliphatic rings. The van der Waals surface area contributed by atoms with Crippen LogP contribution in [0.3, 0.4) is 0 Å². The number of hydrogen-bond donors (Lipinski definition) is 2. The quantitative estimate of drug-likeness (QED) is 0.298. The molecule has 2 saturated heterocycles. The Morgan fingerprint density at radius 3 is 2.30 bits per heavy atom. The predicted molar refractivity (Wildman–Crippen MR) is 179 cm³/mol. The lowest BCUT2D eigenvalue weighted by Gasteiger charge is -2.38. The first-order chi connectivity index (χ1) is 22.2. The Labute approximate surface area is 272 Å². The van der Waals surface area contributed by atoms with Gasteiger partial charge in [0.25, 0.3) is 5.91 Å². The van der Waals surface area contributed by atoms with Gasteiger partial charge < -0.3 is 19.5 Å². The SMILES string of the molecule is CCCS(=O)(=O)NC(=O)c1ccc2c(C3CCCCC3)c(-c3ccc(OC)cc3)n(CC3(C(=O)N4C5CCC4CNC5)CC3)c2c1. The van der Waals surface area contributed by atoms with Gasteiger partial charge in [0.15, 0.2) is 0 Å². The van der Waals surface area contributed by atoms with E-state index in [1.165, 1.54) is 24.8 Å². The molecule has 2 unspecified atom stereocenters. The van der Waals surface area contributed by atoms with Crippen LogP contribution in [0.2, 0.25) is 0 Å². The highest BCUT2D eigenvalue weighted by Gasteiger charge is 2.56. The second-order valence-corrected chi connectivity index (χ2v) is 15.8. The molecule has 1 aromatic heterocycles. The molecule has 10 heteroatoms. The molecule has 2 amide bonds. The smallest absolute Gasteiger partial charge is 0.264 e. The largest absolute Gasteiger partial charge is 0.497 e. The number of rotatable bonds is 10. The zero-order chi connectivity index (χ0) is 32.1. The fourth-order valence-electron chi connectivity index (χ4n) is 8.34. The summed E-state index contributed by atoms with van der Waals surface area (Å²) >= 11 is 0. The maximum atomic E-state index is 14.5. The van der Waals surface area contributed by atoms with Gasteiger partial charge in [0, 0.05) is 48.2 Å². The summed E-state index contributed by atoms with van der Waals surface area (Å²) in [6.45, 7) is 4.01. The highest BCUT2D eigenvalue weighted by molar-refractivity contribution is 7.90. The van der Waals surface area contributed by atoms with Gasteiger partial charge in [-0.05, 0) is 98.4 Å². The van der Waals surface area contributed by atoms with Crippen LogP contribution in [-0.2, 0) is 21.4 Å². The topological polar surface area (TPSA) is 110 Å². The number of sulfonamides is 1. The Bertz CT molecular complexity index is 1720. The van der Waals surface area contributed by atoms with E-state index in [0.717, 1.165) is 79.5 Å². The van der Waals surface area contributed by atoms with E-state index in [0.29, 0.717) is 24.4 Å². The number of nitrogens with one attached hydrogen (secondary N) is 2. The molecule has 46 heavy (non-hydrogen) atoms. The normalized spacial score (nSPS) is 22.6. The van der Waals surface area contributed by atoms with Crippen molar-refractivity contribution in [3.05, 3.63) is 53.6 Å². The maximum absolute atomic E-state index is 14.5. The third-order valence-corrected chi connectivity index (χ3v) is 12.3. The molecular formula is C36H46N4O5S. The van der Waals surface area contributed by atoms with E-state index < -0.39 is 21.3 Å². The van der Waals surface area contributed by atoms with Gasteiger partial charge >= 0.3 is 0 Å². The van der Waals surface area contributed by atoms with Gasteiger partial charge in [-0.2, -0.15) is 0 Å². The van der Waals surface area contributed by atoms with E-state index in [1.807, 2.05) is 24.3 Å². The van der Waals surface area contributed by atoms with Gasteiger partial charge in [-0.1, -0.05) is 32.3 Å². The molecule has 3 heterocycles. The van der Waals surface area contributed by atoms with Crippen molar-refractivity contribution in [2.75, 3.05) is 26.0 Å². The van der Waals surface area contributed by atoms with Crippen molar-refractivity contribution in [1.82, 2.24) is 19.5 Å². The van der Waals surface area contributed by atoms with E-state index >= 15 is 0 Å². The maximum Gasteiger partial charge on any atom is 0.264 e. The zero-order valence-corrected chi connectivity index (χ0v) is 27.8. The van der Waals surface area contributed by atoms with Crippen LogP contribution >= 0.6 is 0 Å². The van der Waals surface area contributed by atoms with Gasteiger partial charge in [0.05, 0.1) is 24.0 Å². The highest BCUT2D eigenvalue weighted by atomic mass is 32.2. The van der Waals surface area contributed by atoms with Crippen molar-refractivity contribution in [3.8, 4) is 17.0 Å². The van der Waals surface area contributed by atoms with E-state index in [4.69, 9.17) is 4.74 Å². The summed E-state index contributed by atoms with van der Waals surface area (Å²) < 4.78 is 35.1. The molecule has 9 nitrogen and oxygen atoms in total. The van der Waals surface area contributed by atoms with Gasteiger partial charge in [0.1, 0.15) is 5.75 Å². The van der Waals surface area contributed by atoms with Gasteiger partial charge in [-0.25, -0.2) is 13.1 Å². The molecule has 2 bridgehead atoms.